The van der Waals surface area contributed by atoms with Crippen molar-refractivity contribution in [3.63, 3.8) is 0 Å². The van der Waals surface area contributed by atoms with Gasteiger partial charge in [-0.1, -0.05) is 43.8 Å². The van der Waals surface area contributed by atoms with Gasteiger partial charge >= 0.3 is 0 Å². The Morgan fingerprint density at radius 1 is 1.13 bits per heavy atom. The highest BCUT2D eigenvalue weighted by atomic mass is 32.2. The fourth-order valence-corrected chi connectivity index (χ4v) is 3.20. The molecule has 0 aliphatic carbocycles. The van der Waals surface area contributed by atoms with Crippen LogP contribution in [0.2, 0.25) is 0 Å². The second kappa shape index (κ2) is 10.8. The number of aromatic nitrogens is 4. The van der Waals surface area contributed by atoms with E-state index in [1.807, 2.05) is 12.3 Å². The lowest BCUT2D eigenvalue weighted by atomic mass is 10.2. The van der Waals surface area contributed by atoms with E-state index in [4.69, 9.17) is 0 Å². The lowest BCUT2D eigenvalue weighted by molar-refractivity contribution is -0.120. The summed E-state index contributed by atoms with van der Waals surface area (Å²) in [6.07, 6.45) is 3.67. The number of benzene rings is 1. The van der Waals surface area contributed by atoms with Crippen molar-refractivity contribution in [3.05, 3.63) is 42.1 Å². The second-order valence-corrected chi connectivity index (χ2v) is 8.11. The number of anilines is 1. The molecule has 2 aromatic heterocycles. The number of nitrogens with one attached hydrogen (secondary N) is 3. The normalized spacial score (nSPS) is 11.0. The molecular weight excluding hydrogens is 414 g/mol. The molecule has 3 rings (SSSR count). The van der Waals surface area contributed by atoms with Gasteiger partial charge in [0.05, 0.1) is 24.7 Å². The van der Waals surface area contributed by atoms with Crippen LogP contribution in [0.3, 0.4) is 0 Å². The monoisotopic (exact) mass is 441 g/mol. The minimum absolute atomic E-state index is 0.0877. The van der Waals surface area contributed by atoms with E-state index < -0.39 is 0 Å². The highest BCUT2D eigenvalue weighted by Gasteiger charge is 2.13. The van der Waals surface area contributed by atoms with Gasteiger partial charge in [-0.3, -0.25) is 9.59 Å². The first kappa shape index (κ1) is 22.5. The molecule has 1 aromatic carbocycles. The van der Waals surface area contributed by atoms with E-state index >= 15 is 0 Å². The predicted molar refractivity (Wildman–Crippen MR) is 122 cm³/mol. The van der Waals surface area contributed by atoms with Crippen LogP contribution in [0.25, 0.3) is 11.0 Å². The molecule has 10 heteroatoms. The highest BCUT2D eigenvalue weighted by Crippen LogP contribution is 2.23. The first-order valence-electron chi connectivity index (χ1n) is 10.1. The molecule has 0 aliphatic heterocycles. The van der Waals surface area contributed by atoms with E-state index in [0.717, 1.165) is 23.4 Å². The Balaban J connectivity index is 1.56. The molecule has 0 radical (unpaired) electrons. The molecule has 3 aromatic rings. The van der Waals surface area contributed by atoms with Gasteiger partial charge in [-0.05, 0) is 24.3 Å². The molecule has 31 heavy (non-hydrogen) atoms. The molecule has 3 N–H and O–H groups in total. The maximum absolute atomic E-state index is 12.1. The molecule has 0 spiro atoms. The lowest BCUT2D eigenvalue weighted by Crippen LogP contribution is -2.38. The zero-order chi connectivity index (χ0) is 22.2. The molecule has 0 bridgehead atoms. The number of rotatable bonds is 10. The van der Waals surface area contributed by atoms with Crippen LogP contribution in [0.1, 0.15) is 24.2 Å². The zero-order valence-corrected chi connectivity index (χ0v) is 18.7. The van der Waals surface area contributed by atoms with Gasteiger partial charge in [0.15, 0.2) is 10.8 Å². The average Bonchev–Trinajstić information content (AvgIpc) is 3.19. The minimum atomic E-state index is -0.281. The smallest absolute Gasteiger partial charge is 0.251 e. The van der Waals surface area contributed by atoms with Gasteiger partial charge in [0, 0.05) is 18.7 Å². The first-order valence-corrected chi connectivity index (χ1v) is 11.3. The topological polar surface area (TPSA) is 114 Å². The predicted octanol–water partition coefficient (Wildman–Crippen LogP) is 2.16. The SMILES string of the molecule is CSc1nc(NCC(C)C)c2cnn(CCNC(=O)CNC(=O)c3ccccc3)c2n1. The van der Waals surface area contributed by atoms with Crippen LogP contribution < -0.4 is 16.0 Å². The van der Waals surface area contributed by atoms with E-state index in [-0.39, 0.29) is 18.4 Å². The molecule has 0 saturated heterocycles. The van der Waals surface area contributed by atoms with Crippen molar-refractivity contribution in [2.45, 2.75) is 25.5 Å². The Labute approximate surface area is 185 Å². The maximum atomic E-state index is 12.1. The number of hydrogen-bond acceptors (Lipinski definition) is 7. The Bertz CT molecular complexity index is 1040. The summed E-state index contributed by atoms with van der Waals surface area (Å²) >= 11 is 1.47. The van der Waals surface area contributed by atoms with Gasteiger partial charge in [-0.2, -0.15) is 5.10 Å². The standard InChI is InChI=1S/C21H27N7O2S/c1-14(2)11-23-18-16-12-25-28(19(16)27-21(26-18)31-3)10-9-22-17(29)13-24-20(30)15-7-5-4-6-8-15/h4-8,12,14H,9-11,13H2,1-3H3,(H,22,29)(H,24,30)(H,23,26,27). The molecule has 164 valence electrons. The van der Waals surface area contributed by atoms with E-state index in [0.29, 0.717) is 29.7 Å². The summed E-state index contributed by atoms with van der Waals surface area (Å²) in [4.78, 5) is 33.2. The summed E-state index contributed by atoms with van der Waals surface area (Å²) in [7, 11) is 0. The van der Waals surface area contributed by atoms with Crippen LogP contribution in [0, 0.1) is 5.92 Å². The van der Waals surface area contributed by atoms with Crippen molar-refractivity contribution < 1.29 is 9.59 Å². The fraction of sp³-hybridized carbons (Fsp3) is 0.381. The number of amides is 2. The third-order valence-electron chi connectivity index (χ3n) is 4.43. The average molecular weight is 442 g/mol. The van der Waals surface area contributed by atoms with E-state index in [1.165, 1.54) is 11.8 Å². The van der Waals surface area contributed by atoms with Crippen molar-refractivity contribution in [2.24, 2.45) is 5.92 Å². The summed E-state index contributed by atoms with van der Waals surface area (Å²) in [6.45, 7) is 5.80. The molecule has 0 unspecified atom stereocenters. The van der Waals surface area contributed by atoms with Crippen molar-refractivity contribution in [2.75, 3.05) is 31.2 Å². The van der Waals surface area contributed by atoms with E-state index in [2.05, 4.69) is 44.9 Å². The number of carbonyl (C=O) groups excluding carboxylic acids is 2. The molecule has 2 amide bonds. The van der Waals surface area contributed by atoms with Gasteiger partial charge in [0.2, 0.25) is 5.91 Å². The van der Waals surface area contributed by atoms with E-state index in [1.54, 1.807) is 35.1 Å². The summed E-state index contributed by atoms with van der Waals surface area (Å²) in [5, 5.41) is 14.7. The third-order valence-corrected chi connectivity index (χ3v) is 4.98. The molecule has 0 atom stereocenters. The molecule has 2 heterocycles. The van der Waals surface area contributed by atoms with Gasteiger partial charge in [0.1, 0.15) is 5.82 Å². The molecule has 0 saturated carbocycles. The molecular formula is C21H27N7O2S. The van der Waals surface area contributed by atoms with Crippen LogP contribution in [-0.4, -0.2) is 57.5 Å². The zero-order valence-electron chi connectivity index (χ0n) is 17.9. The van der Waals surface area contributed by atoms with Crippen molar-refractivity contribution in [1.82, 2.24) is 30.4 Å². The van der Waals surface area contributed by atoms with Crippen LogP contribution in [0.4, 0.5) is 5.82 Å². The summed E-state index contributed by atoms with van der Waals surface area (Å²) < 4.78 is 1.75. The van der Waals surface area contributed by atoms with Crippen LogP contribution in [0.15, 0.2) is 41.7 Å². The fourth-order valence-electron chi connectivity index (χ4n) is 2.84. The van der Waals surface area contributed by atoms with Crippen LogP contribution in [-0.2, 0) is 11.3 Å². The number of fused-ring (bicyclic) bond motifs is 1. The number of carbonyl (C=O) groups is 2. The van der Waals surface area contributed by atoms with Crippen molar-refractivity contribution in [3.8, 4) is 0 Å². The Hall–Kier alpha value is -3.14. The van der Waals surface area contributed by atoms with Crippen LogP contribution in [0.5, 0.6) is 0 Å². The minimum Gasteiger partial charge on any atom is -0.369 e. The Morgan fingerprint density at radius 3 is 2.61 bits per heavy atom. The van der Waals surface area contributed by atoms with Crippen LogP contribution >= 0.6 is 11.8 Å². The summed E-state index contributed by atoms with van der Waals surface area (Å²) in [5.74, 6) is 0.702. The number of nitrogens with zero attached hydrogens (tertiary/aromatic N) is 4. The molecule has 9 nitrogen and oxygen atoms in total. The molecule has 0 fully saturated rings. The second-order valence-electron chi connectivity index (χ2n) is 7.34. The maximum Gasteiger partial charge on any atom is 0.251 e. The van der Waals surface area contributed by atoms with Gasteiger partial charge in [-0.15, -0.1) is 0 Å². The summed E-state index contributed by atoms with van der Waals surface area (Å²) in [5.41, 5.74) is 1.24. The quantitative estimate of drug-likeness (QED) is 0.326. The third kappa shape index (κ3) is 6.17. The summed E-state index contributed by atoms with van der Waals surface area (Å²) in [6, 6.07) is 8.79. The highest BCUT2D eigenvalue weighted by molar-refractivity contribution is 7.98. The van der Waals surface area contributed by atoms with Gasteiger partial charge in [-0.25, -0.2) is 14.6 Å². The largest absolute Gasteiger partial charge is 0.369 e. The Morgan fingerprint density at radius 2 is 1.90 bits per heavy atom. The van der Waals surface area contributed by atoms with Crippen molar-refractivity contribution >= 4 is 40.4 Å². The number of thioether (sulfide) groups is 1. The van der Waals surface area contributed by atoms with E-state index in [9.17, 15) is 9.59 Å². The van der Waals surface area contributed by atoms with Gasteiger partial charge < -0.3 is 16.0 Å². The Kier molecular flexibility index (Phi) is 7.82. The van der Waals surface area contributed by atoms with Gasteiger partial charge in [0.25, 0.3) is 5.91 Å². The van der Waals surface area contributed by atoms with Crippen molar-refractivity contribution in [1.29, 1.82) is 0 Å². The molecule has 0 aliphatic rings. The number of hydrogen-bond donors (Lipinski definition) is 3. The lowest BCUT2D eigenvalue weighted by Gasteiger charge is -2.11. The first-order chi connectivity index (χ1) is 15.0.